The second-order valence-electron chi connectivity index (χ2n) is 22.3. The van der Waals surface area contributed by atoms with Crippen LogP contribution in [0.5, 0.6) is 23.0 Å². The van der Waals surface area contributed by atoms with E-state index in [-0.39, 0.29) is 95.9 Å². The molecule has 3 aromatic carbocycles. The Hall–Kier alpha value is -6.66. The Morgan fingerprint density at radius 1 is 0.417 bits per heavy atom. The number of hydrogen-bond acceptors (Lipinski definition) is 14. The fourth-order valence-corrected chi connectivity index (χ4v) is 8.68. The molecule has 0 saturated carbocycles. The van der Waals surface area contributed by atoms with Gasteiger partial charge in [0, 0.05) is 22.3 Å². The minimum atomic E-state index is -0.557. The highest BCUT2D eigenvalue weighted by molar-refractivity contribution is 5.97. The Balaban J connectivity index is 0.891. The summed E-state index contributed by atoms with van der Waals surface area (Å²) in [6.07, 6.45) is 3.58. The van der Waals surface area contributed by atoms with E-state index in [4.69, 9.17) is 28.4 Å². The number of benzene rings is 3. The maximum absolute atomic E-state index is 13.4. The number of nitrogens with zero attached hydrogens (tertiary/aromatic N) is 8. The van der Waals surface area contributed by atoms with Crippen molar-refractivity contribution in [3.63, 3.8) is 0 Å². The summed E-state index contributed by atoms with van der Waals surface area (Å²) in [5.74, 6) is 3.16. The van der Waals surface area contributed by atoms with Gasteiger partial charge in [-0.25, -0.2) is 9.36 Å². The SMILES string of the molecule is COc1cc(C(C)(C)C)c(OCc2cn(CCOCCn3c(=O)c4cc5c(=O)n(CCOCCn6cc(COc7cc(C(C)(C)C)c(OC)cc7C(C)(C)C)nn6)c(=O)c5cc4c3=O)nn2)cc1C(C)(C)C. The van der Waals surface area contributed by atoms with Gasteiger partial charge in [-0.2, -0.15) is 0 Å². The highest BCUT2D eigenvalue weighted by Gasteiger charge is 2.29. The van der Waals surface area contributed by atoms with E-state index < -0.39 is 22.2 Å². The quantitative estimate of drug-likeness (QED) is 0.0716. The van der Waals surface area contributed by atoms with Crippen LogP contribution in [0.25, 0.3) is 21.5 Å². The molecule has 4 aromatic heterocycles. The fourth-order valence-electron chi connectivity index (χ4n) is 8.68. The van der Waals surface area contributed by atoms with Crippen LogP contribution in [-0.4, -0.2) is 79.8 Å². The van der Waals surface area contributed by atoms with Crippen molar-refractivity contribution in [1.29, 1.82) is 0 Å². The predicted octanol–water partition coefficient (Wildman–Crippen LogP) is 6.89. The standard InChI is InChI=1S/C54H70N8O10/c1-51(2,3)39-27-45(41(53(7,8)9)25-43(39)67-13)71-31-33-29-59(57-55-33)15-19-69-21-17-61-47(63)35-23-37-38(24-36(35)48(61)64)50(66)62(49(37)65)18-22-70-20-16-60-30-34(56-58-60)32-72-46-28-40(52(4,5)6)44(68-14)26-42(46)54(10,11)12/h23-30H,15-22,31-32H2,1-14H3. The zero-order valence-electron chi connectivity index (χ0n) is 44.4. The summed E-state index contributed by atoms with van der Waals surface area (Å²) < 4.78 is 41.2. The third-order valence-electron chi connectivity index (χ3n) is 12.7. The number of ether oxygens (including phenoxy) is 6. The monoisotopic (exact) mass is 991 g/mol. The third kappa shape index (κ3) is 11.7. The number of methoxy groups -OCH3 is 2. The largest absolute Gasteiger partial charge is 0.496 e. The van der Waals surface area contributed by atoms with Crippen LogP contribution in [0.2, 0.25) is 0 Å². The minimum absolute atomic E-state index is 0.0164. The molecule has 0 aliphatic heterocycles. The Labute approximate surface area is 419 Å². The van der Waals surface area contributed by atoms with Gasteiger partial charge in [-0.15, -0.1) is 10.2 Å². The van der Waals surface area contributed by atoms with Gasteiger partial charge >= 0.3 is 0 Å². The van der Waals surface area contributed by atoms with Crippen LogP contribution >= 0.6 is 0 Å². The average Bonchev–Trinajstić information content (AvgIpc) is 4.07. The van der Waals surface area contributed by atoms with Gasteiger partial charge in [-0.05, 0) is 58.1 Å². The maximum Gasteiger partial charge on any atom is 0.261 e. The smallest absolute Gasteiger partial charge is 0.261 e. The Kier molecular flexibility index (Phi) is 15.4. The van der Waals surface area contributed by atoms with Crippen molar-refractivity contribution >= 4 is 21.5 Å². The Morgan fingerprint density at radius 2 is 0.708 bits per heavy atom. The molecule has 7 rings (SSSR count). The predicted molar refractivity (Wildman–Crippen MR) is 276 cm³/mol. The van der Waals surface area contributed by atoms with Gasteiger partial charge in [0.1, 0.15) is 47.6 Å². The molecule has 0 N–H and O–H groups in total. The molecule has 0 aliphatic rings. The van der Waals surface area contributed by atoms with Crippen molar-refractivity contribution in [2.75, 3.05) is 40.6 Å². The zero-order valence-corrected chi connectivity index (χ0v) is 44.4. The number of hydrogen-bond donors (Lipinski definition) is 0. The average molecular weight is 991 g/mol. The highest BCUT2D eigenvalue weighted by Crippen LogP contribution is 2.43. The number of rotatable bonds is 20. The first-order valence-electron chi connectivity index (χ1n) is 24.4. The van der Waals surface area contributed by atoms with Gasteiger partial charge in [0.15, 0.2) is 0 Å². The lowest BCUT2D eigenvalue weighted by Gasteiger charge is -2.28. The lowest BCUT2D eigenvalue weighted by Crippen LogP contribution is -2.28. The molecule has 7 aromatic rings. The van der Waals surface area contributed by atoms with Crippen molar-refractivity contribution in [2.24, 2.45) is 0 Å². The normalized spacial score (nSPS) is 12.6. The van der Waals surface area contributed by atoms with Crippen LogP contribution in [0.1, 0.15) is 117 Å². The van der Waals surface area contributed by atoms with Crippen LogP contribution in [0.15, 0.2) is 68.0 Å². The number of fused-ring (bicyclic) bond motifs is 2. The van der Waals surface area contributed by atoms with E-state index in [0.717, 1.165) is 54.4 Å². The first kappa shape index (κ1) is 53.1. The van der Waals surface area contributed by atoms with Crippen molar-refractivity contribution in [1.82, 2.24) is 39.1 Å². The maximum atomic E-state index is 13.4. The van der Waals surface area contributed by atoms with Gasteiger partial charge in [0.05, 0.1) is 101 Å². The van der Waals surface area contributed by atoms with Gasteiger partial charge in [-0.3, -0.25) is 28.3 Å². The molecule has 0 unspecified atom stereocenters. The topological polar surface area (TPSA) is 195 Å². The van der Waals surface area contributed by atoms with E-state index >= 15 is 0 Å². The summed E-state index contributed by atoms with van der Waals surface area (Å²) in [5, 5.41) is 17.3. The Morgan fingerprint density at radius 3 is 1.01 bits per heavy atom. The second-order valence-corrected chi connectivity index (χ2v) is 22.3. The van der Waals surface area contributed by atoms with E-state index in [0.29, 0.717) is 24.5 Å². The zero-order chi connectivity index (χ0) is 52.5. The molecule has 0 bridgehead atoms. The minimum Gasteiger partial charge on any atom is -0.496 e. The van der Waals surface area contributed by atoms with Crippen molar-refractivity contribution in [3.05, 3.63) is 124 Å². The van der Waals surface area contributed by atoms with Gasteiger partial charge < -0.3 is 28.4 Å². The molecule has 0 aliphatic carbocycles. The van der Waals surface area contributed by atoms with Crippen molar-refractivity contribution < 1.29 is 28.4 Å². The van der Waals surface area contributed by atoms with Crippen LogP contribution in [0, 0.1) is 0 Å². The van der Waals surface area contributed by atoms with E-state index in [2.05, 4.69) is 128 Å². The summed E-state index contributed by atoms with van der Waals surface area (Å²) in [6, 6.07) is 10.9. The molecule has 0 spiro atoms. The molecular formula is C54H70N8O10. The molecule has 386 valence electrons. The summed E-state index contributed by atoms with van der Waals surface area (Å²) >= 11 is 0. The van der Waals surface area contributed by atoms with Crippen LogP contribution in [0.3, 0.4) is 0 Å². The second kappa shape index (κ2) is 20.8. The van der Waals surface area contributed by atoms with Crippen LogP contribution in [-0.2, 0) is 70.5 Å². The molecule has 0 atom stereocenters. The van der Waals surface area contributed by atoms with Gasteiger partial charge in [0.25, 0.3) is 22.2 Å². The van der Waals surface area contributed by atoms with Crippen molar-refractivity contribution in [2.45, 2.75) is 144 Å². The number of aromatic nitrogens is 8. The lowest BCUT2D eigenvalue weighted by atomic mass is 9.81. The highest BCUT2D eigenvalue weighted by atomic mass is 16.5. The van der Waals surface area contributed by atoms with Gasteiger partial charge in [0.2, 0.25) is 0 Å². The first-order valence-corrected chi connectivity index (χ1v) is 24.4. The molecule has 0 radical (unpaired) electrons. The molecule has 18 nitrogen and oxygen atoms in total. The van der Waals surface area contributed by atoms with Crippen LogP contribution in [0.4, 0.5) is 0 Å². The van der Waals surface area contributed by atoms with Crippen LogP contribution < -0.4 is 41.2 Å². The van der Waals surface area contributed by atoms with E-state index in [9.17, 15) is 19.2 Å². The first-order chi connectivity index (χ1) is 33.8. The van der Waals surface area contributed by atoms with E-state index in [1.165, 1.54) is 12.1 Å². The molecular weight excluding hydrogens is 921 g/mol. The summed E-state index contributed by atoms with van der Waals surface area (Å²) in [5.41, 5.74) is 2.47. The molecule has 0 saturated heterocycles. The molecule has 4 heterocycles. The molecule has 0 amide bonds. The van der Waals surface area contributed by atoms with Gasteiger partial charge in [-0.1, -0.05) is 93.5 Å². The van der Waals surface area contributed by atoms with E-state index in [1.54, 1.807) is 36.0 Å². The lowest BCUT2D eigenvalue weighted by molar-refractivity contribution is 0.115. The van der Waals surface area contributed by atoms with E-state index in [1.807, 2.05) is 0 Å². The molecule has 18 heteroatoms. The third-order valence-corrected chi connectivity index (χ3v) is 12.7. The van der Waals surface area contributed by atoms with Crippen molar-refractivity contribution in [3.8, 4) is 23.0 Å². The fraction of sp³-hybridized carbons (Fsp3) is 0.519. The summed E-state index contributed by atoms with van der Waals surface area (Å²) in [4.78, 5) is 53.8. The Bertz CT molecular complexity index is 2980. The molecule has 0 fully saturated rings. The summed E-state index contributed by atoms with van der Waals surface area (Å²) in [6.45, 7) is 27.3. The summed E-state index contributed by atoms with van der Waals surface area (Å²) in [7, 11) is 3.36. The molecule has 72 heavy (non-hydrogen) atoms.